The third-order valence-electron chi connectivity index (χ3n) is 1.33. The third kappa shape index (κ3) is 7.96. The Balaban J connectivity index is 2.60. The molecule has 9 heavy (non-hydrogen) atoms. The van der Waals surface area contributed by atoms with E-state index in [1.54, 1.807) is 0 Å². The Bertz CT molecular complexity index is 37.8. The van der Waals surface area contributed by atoms with Gasteiger partial charge in [0.25, 0.3) is 0 Å². The van der Waals surface area contributed by atoms with Gasteiger partial charge in [0, 0.05) is 6.61 Å². The molecule has 0 atom stereocenters. The molecule has 1 N–H and O–H groups in total. The summed E-state index contributed by atoms with van der Waals surface area (Å²) in [5.74, 6) is 0. The van der Waals surface area contributed by atoms with Crippen LogP contribution in [0.2, 0.25) is 0 Å². The number of rotatable bonds is 6. The van der Waals surface area contributed by atoms with Crippen LogP contribution in [-0.4, -0.2) is 11.7 Å². The molecule has 0 aromatic heterocycles. The average molecular weight is 129 g/mol. The zero-order valence-corrected chi connectivity index (χ0v) is 6.27. The highest BCUT2D eigenvalue weighted by atomic mass is 16.2. The van der Waals surface area contributed by atoms with E-state index < -0.39 is 0 Å². The maximum atomic E-state index is 8.40. The summed E-state index contributed by atoms with van der Waals surface area (Å²) in [6, 6.07) is 0. The Morgan fingerprint density at radius 1 is 1.22 bits per heavy atom. The zero-order valence-electron chi connectivity index (χ0n) is 6.27. The highest BCUT2D eigenvalue weighted by molar-refractivity contribution is 4.62. The van der Waals surface area contributed by atoms with Crippen LogP contribution >= 0.6 is 0 Å². The maximum Gasteiger partial charge on any atom is 0.0431 e. The lowest BCUT2D eigenvalue weighted by Crippen LogP contribution is -1.83. The van der Waals surface area contributed by atoms with E-state index in [0.717, 1.165) is 12.8 Å². The van der Waals surface area contributed by atoms with Crippen molar-refractivity contribution in [2.75, 3.05) is 6.61 Å². The van der Waals surface area contributed by atoms with Crippen LogP contribution in [0.25, 0.3) is 0 Å². The van der Waals surface area contributed by atoms with E-state index in [9.17, 15) is 0 Å². The second-order valence-corrected chi connectivity index (χ2v) is 2.30. The summed E-state index contributed by atoms with van der Waals surface area (Å²) in [4.78, 5) is 0. The first-order valence-electron chi connectivity index (χ1n) is 3.84. The predicted octanol–water partition coefficient (Wildman–Crippen LogP) is 2.15. The summed E-state index contributed by atoms with van der Waals surface area (Å²) in [7, 11) is 0. The van der Waals surface area contributed by atoms with Gasteiger partial charge >= 0.3 is 0 Å². The highest BCUT2D eigenvalue weighted by Gasteiger charge is 1.86. The fraction of sp³-hybridized carbons (Fsp3) is 0.875. The minimum Gasteiger partial charge on any atom is -0.396 e. The summed E-state index contributed by atoms with van der Waals surface area (Å²) in [6.07, 6.45) is 8.07. The van der Waals surface area contributed by atoms with Gasteiger partial charge in [-0.2, -0.15) is 0 Å². The van der Waals surface area contributed by atoms with Crippen molar-refractivity contribution in [2.24, 2.45) is 0 Å². The van der Waals surface area contributed by atoms with Gasteiger partial charge in [0.05, 0.1) is 0 Å². The number of aliphatic hydroxyl groups excluding tert-OH is 1. The Kier molecular flexibility index (Phi) is 7.92. The molecule has 0 fully saturated rings. The molecule has 1 radical (unpaired) electrons. The number of aliphatic hydroxyl groups is 1. The van der Waals surface area contributed by atoms with Gasteiger partial charge in [0.15, 0.2) is 0 Å². The lowest BCUT2D eigenvalue weighted by atomic mass is 10.1. The molecule has 1 nitrogen and oxygen atoms in total. The largest absolute Gasteiger partial charge is 0.396 e. The van der Waals surface area contributed by atoms with Crippen molar-refractivity contribution in [3.05, 3.63) is 6.42 Å². The van der Waals surface area contributed by atoms with Crippen molar-refractivity contribution in [3.63, 3.8) is 0 Å². The minimum absolute atomic E-state index is 0.336. The smallest absolute Gasteiger partial charge is 0.0431 e. The summed E-state index contributed by atoms with van der Waals surface area (Å²) >= 11 is 0. The van der Waals surface area contributed by atoms with Gasteiger partial charge in [-0.1, -0.05) is 26.2 Å². The molecule has 0 aromatic rings. The first-order chi connectivity index (χ1) is 4.41. The van der Waals surface area contributed by atoms with Crippen LogP contribution in [0.3, 0.4) is 0 Å². The number of hydrogen-bond donors (Lipinski definition) is 1. The average Bonchev–Trinajstić information content (AvgIpc) is 1.89. The summed E-state index contributed by atoms with van der Waals surface area (Å²) < 4.78 is 0. The van der Waals surface area contributed by atoms with Gasteiger partial charge in [-0.15, -0.1) is 0 Å². The van der Waals surface area contributed by atoms with Gasteiger partial charge in [0.2, 0.25) is 0 Å². The van der Waals surface area contributed by atoms with Crippen LogP contribution in [0.1, 0.15) is 39.0 Å². The summed E-state index contributed by atoms with van der Waals surface area (Å²) in [6.45, 7) is 2.53. The Morgan fingerprint density at radius 2 is 1.89 bits per heavy atom. The molecule has 0 saturated heterocycles. The molecule has 0 aliphatic heterocycles. The lowest BCUT2D eigenvalue weighted by molar-refractivity contribution is 0.287. The van der Waals surface area contributed by atoms with E-state index in [-0.39, 0.29) is 0 Å². The standard InChI is InChI=1S/C8H17O/c1-2-3-4-5-6-7-8-9/h5,9H,2-4,6-8H2,1H3. The van der Waals surface area contributed by atoms with Crippen LogP contribution in [0.5, 0.6) is 0 Å². The van der Waals surface area contributed by atoms with E-state index in [1.165, 1.54) is 19.3 Å². The van der Waals surface area contributed by atoms with Crippen molar-refractivity contribution in [2.45, 2.75) is 39.0 Å². The Hall–Kier alpha value is -0.0400. The second kappa shape index (κ2) is 7.96. The normalized spacial score (nSPS) is 10.0. The molecule has 0 rings (SSSR count). The second-order valence-electron chi connectivity index (χ2n) is 2.30. The molecular weight excluding hydrogens is 112 g/mol. The molecule has 0 amide bonds. The molecule has 0 aromatic carbocycles. The molecule has 0 aliphatic rings. The first-order valence-corrected chi connectivity index (χ1v) is 3.84. The first kappa shape index (κ1) is 8.96. The van der Waals surface area contributed by atoms with Crippen molar-refractivity contribution >= 4 is 0 Å². The molecule has 0 aliphatic carbocycles. The predicted molar refractivity (Wildman–Crippen MR) is 40.1 cm³/mol. The monoisotopic (exact) mass is 129 g/mol. The van der Waals surface area contributed by atoms with Crippen molar-refractivity contribution in [1.82, 2.24) is 0 Å². The topological polar surface area (TPSA) is 20.2 Å². The van der Waals surface area contributed by atoms with Crippen LogP contribution in [0.4, 0.5) is 0 Å². The van der Waals surface area contributed by atoms with Crippen LogP contribution in [0, 0.1) is 6.42 Å². The molecule has 0 spiro atoms. The Labute approximate surface area is 58.1 Å². The molecule has 0 heterocycles. The van der Waals surface area contributed by atoms with E-state index >= 15 is 0 Å². The maximum absolute atomic E-state index is 8.40. The van der Waals surface area contributed by atoms with Gasteiger partial charge in [-0.05, 0) is 19.3 Å². The fourth-order valence-corrected chi connectivity index (χ4v) is 0.728. The molecule has 55 valence electrons. The van der Waals surface area contributed by atoms with Gasteiger partial charge in [0.1, 0.15) is 0 Å². The molecule has 0 bridgehead atoms. The minimum atomic E-state index is 0.336. The van der Waals surface area contributed by atoms with Crippen LogP contribution in [-0.2, 0) is 0 Å². The van der Waals surface area contributed by atoms with E-state index in [1.807, 2.05) is 0 Å². The fourth-order valence-electron chi connectivity index (χ4n) is 0.728. The van der Waals surface area contributed by atoms with E-state index in [0.29, 0.717) is 6.61 Å². The van der Waals surface area contributed by atoms with Gasteiger partial charge < -0.3 is 5.11 Å². The van der Waals surface area contributed by atoms with Crippen LogP contribution < -0.4 is 0 Å². The molecule has 0 saturated carbocycles. The number of unbranched alkanes of at least 4 members (excludes halogenated alkanes) is 5. The quantitative estimate of drug-likeness (QED) is 0.545. The van der Waals surface area contributed by atoms with Crippen LogP contribution in [0.15, 0.2) is 0 Å². The zero-order chi connectivity index (χ0) is 6.95. The summed E-state index contributed by atoms with van der Waals surface area (Å²) in [5, 5.41) is 8.40. The Morgan fingerprint density at radius 3 is 2.44 bits per heavy atom. The van der Waals surface area contributed by atoms with Gasteiger partial charge in [-0.25, -0.2) is 0 Å². The highest BCUT2D eigenvalue weighted by Crippen LogP contribution is 2.02. The molecule has 0 unspecified atom stereocenters. The van der Waals surface area contributed by atoms with E-state index in [4.69, 9.17) is 5.11 Å². The molecule has 1 heteroatoms. The molecular formula is C8H17O. The van der Waals surface area contributed by atoms with E-state index in [2.05, 4.69) is 13.3 Å². The lowest BCUT2D eigenvalue weighted by Gasteiger charge is -1.95. The van der Waals surface area contributed by atoms with Gasteiger partial charge in [-0.3, -0.25) is 0 Å². The van der Waals surface area contributed by atoms with Crippen molar-refractivity contribution in [1.29, 1.82) is 0 Å². The SMILES string of the molecule is CCCC[CH]CCCO. The number of hydrogen-bond acceptors (Lipinski definition) is 1. The van der Waals surface area contributed by atoms with Crippen molar-refractivity contribution in [3.8, 4) is 0 Å². The summed E-state index contributed by atoms with van der Waals surface area (Å²) in [5.41, 5.74) is 0. The third-order valence-corrected chi connectivity index (χ3v) is 1.33. The van der Waals surface area contributed by atoms with Crippen molar-refractivity contribution < 1.29 is 5.11 Å².